The Morgan fingerprint density at radius 1 is 1.33 bits per heavy atom. The molecule has 0 bridgehead atoms. The van der Waals surface area contributed by atoms with Crippen molar-refractivity contribution in [1.29, 1.82) is 0 Å². The molecule has 18 heavy (non-hydrogen) atoms. The number of ether oxygens (including phenoxy) is 1. The molecule has 0 saturated carbocycles. The Labute approximate surface area is 110 Å². The molecule has 5 heteroatoms. The lowest BCUT2D eigenvalue weighted by atomic mass is 10.2. The second-order valence-corrected chi connectivity index (χ2v) is 6.11. The predicted molar refractivity (Wildman–Crippen MR) is 72.6 cm³/mol. The van der Waals surface area contributed by atoms with E-state index >= 15 is 0 Å². The number of carbonyl (C=O) groups is 1. The third-order valence-corrected chi connectivity index (χ3v) is 3.05. The van der Waals surface area contributed by atoms with Gasteiger partial charge in [-0.15, -0.1) is 0 Å². The van der Waals surface area contributed by atoms with E-state index in [0.29, 0.717) is 6.04 Å². The molecule has 1 saturated heterocycles. The number of carbonyl (C=O) groups excluding carboxylic acids is 1. The van der Waals surface area contributed by atoms with Crippen molar-refractivity contribution in [3.05, 3.63) is 0 Å². The Morgan fingerprint density at radius 2 is 2.00 bits per heavy atom. The minimum Gasteiger partial charge on any atom is -0.459 e. The number of nitrogens with one attached hydrogen (secondary N) is 1. The average molecular weight is 257 g/mol. The van der Waals surface area contributed by atoms with E-state index in [1.807, 2.05) is 20.8 Å². The highest BCUT2D eigenvalue weighted by atomic mass is 16.6. The van der Waals surface area contributed by atoms with Crippen LogP contribution in [-0.2, 0) is 9.53 Å². The fourth-order valence-corrected chi connectivity index (χ4v) is 2.04. The molecular weight excluding hydrogens is 230 g/mol. The fraction of sp³-hybridized carbons (Fsp3) is 0.923. The van der Waals surface area contributed by atoms with Crippen LogP contribution >= 0.6 is 0 Å². The van der Waals surface area contributed by atoms with Crippen molar-refractivity contribution in [2.45, 2.75) is 32.4 Å². The van der Waals surface area contributed by atoms with Gasteiger partial charge in [0.05, 0.1) is 6.54 Å². The zero-order valence-electron chi connectivity index (χ0n) is 12.3. The number of piperazine rings is 1. The Kier molecular flexibility index (Phi) is 5.56. The second-order valence-electron chi connectivity index (χ2n) is 6.11. The van der Waals surface area contributed by atoms with E-state index in [0.717, 1.165) is 26.2 Å². The van der Waals surface area contributed by atoms with Crippen molar-refractivity contribution < 1.29 is 9.53 Å². The van der Waals surface area contributed by atoms with Crippen LogP contribution in [0.5, 0.6) is 0 Å². The van der Waals surface area contributed by atoms with Gasteiger partial charge in [-0.2, -0.15) is 0 Å². The summed E-state index contributed by atoms with van der Waals surface area (Å²) in [6.45, 7) is 9.98. The van der Waals surface area contributed by atoms with Gasteiger partial charge >= 0.3 is 5.97 Å². The van der Waals surface area contributed by atoms with Crippen LogP contribution in [0.2, 0.25) is 0 Å². The number of nitrogens with zero attached hydrogens (tertiary/aromatic N) is 2. The van der Waals surface area contributed by atoms with Gasteiger partial charge < -0.3 is 15.0 Å². The largest absolute Gasteiger partial charge is 0.459 e. The minimum absolute atomic E-state index is 0.186. The molecule has 1 heterocycles. The van der Waals surface area contributed by atoms with Gasteiger partial charge in [-0.3, -0.25) is 9.69 Å². The molecular formula is C13H27N3O2. The molecule has 1 aliphatic heterocycles. The van der Waals surface area contributed by atoms with E-state index < -0.39 is 5.60 Å². The van der Waals surface area contributed by atoms with E-state index in [2.05, 4.69) is 29.2 Å². The van der Waals surface area contributed by atoms with Crippen LogP contribution in [0.25, 0.3) is 0 Å². The molecule has 0 aromatic rings. The van der Waals surface area contributed by atoms with E-state index in [-0.39, 0.29) is 12.5 Å². The molecule has 1 atom stereocenters. The molecule has 0 aliphatic carbocycles. The standard InChI is InChI=1S/C13H27N3O2/c1-13(2,3)18-12(17)9-14-8-11-10-15(4)6-7-16(11)5/h11,14H,6-10H2,1-5H3. The normalized spacial score (nSPS) is 23.1. The molecule has 106 valence electrons. The SMILES string of the molecule is CN1CCN(C)C(CNCC(=O)OC(C)(C)C)C1. The van der Waals surface area contributed by atoms with E-state index in [1.165, 1.54) is 0 Å². The summed E-state index contributed by atoms with van der Waals surface area (Å²) in [6, 6.07) is 0.464. The van der Waals surface area contributed by atoms with Crippen molar-refractivity contribution >= 4 is 5.97 Å². The maximum atomic E-state index is 11.5. The summed E-state index contributed by atoms with van der Waals surface area (Å²) in [6.07, 6.45) is 0. The van der Waals surface area contributed by atoms with Crippen LogP contribution in [0.15, 0.2) is 0 Å². The zero-order valence-corrected chi connectivity index (χ0v) is 12.3. The Balaban J connectivity index is 2.22. The molecule has 5 nitrogen and oxygen atoms in total. The van der Waals surface area contributed by atoms with Gasteiger partial charge in [-0.25, -0.2) is 0 Å². The van der Waals surface area contributed by atoms with Crippen LogP contribution < -0.4 is 5.32 Å². The van der Waals surface area contributed by atoms with Crippen LogP contribution in [0, 0.1) is 0 Å². The topological polar surface area (TPSA) is 44.8 Å². The van der Waals surface area contributed by atoms with Crippen LogP contribution in [-0.4, -0.2) is 74.2 Å². The van der Waals surface area contributed by atoms with Gasteiger partial charge in [-0.1, -0.05) is 0 Å². The first-order valence-corrected chi connectivity index (χ1v) is 6.59. The molecule has 0 amide bonds. The summed E-state index contributed by atoms with van der Waals surface area (Å²) in [5.41, 5.74) is -0.402. The highest BCUT2D eigenvalue weighted by molar-refractivity contribution is 5.72. The number of hydrogen-bond donors (Lipinski definition) is 1. The summed E-state index contributed by atoms with van der Waals surface area (Å²) in [5.74, 6) is -0.186. The van der Waals surface area contributed by atoms with E-state index in [1.54, 1.807) is 0 Å². The summed E-state index contributed by atoms with van der Waals surface area (Å²) in [4.78, 5) is 16.2. The summed E-state index contributed by atoms with van der Waals surface area (Å²) < 4.78 is 5.25. The van der Waals surface area contributed by atoms with Crippen molar-refractivity contribution in [2.75, 3.05) is 46.8 Å². The van der Waals surface area contributed by atoms with Crippen LogP contribution in [0.4, 0.5) is 0 Å². The minimum atomic E-state index is -0.402. The third-order valence-electron chi connectivity index (χ3n) is 3.05. The molecule has 1 unspecified atom stereocenters. The average Bonchev–Trinajstić information content (AvgIpc) is 2.20. The molecule has 1 N–H and O–H groups in total. The lowest BCUT2D eigenvalue weighted by molar-refractivity contribution is -0.153. The molecule has 1 rings (SSSR count). The molecule has 1 fully saturated rings. The quantitative estimate of drug-likeness (QED) is 0.727. The first kappa shape index (κ1) is 15.4. The Bertz CT molecular complexity index is 276. The van der Waals surface area contributed by atoms with E-state index in [4.69, 9.17) is 4.74 Å². The van der Waals surface area contributed by atoms with Gasteiger partial charge in [0, 0.05) is 32.2 Å². The smallest absolute Gasteiger partial charge is 0.320 e. The Hall–Kier alpha value is -0.650. The number of likely N-dealkylation sites (N-methyl/N-ethyl adjacent to an activating group) is 2. The van der Waals surface area contributed by atoms with Crippen LogP contribution in [0.1, 0.15) is 20.8 Å². The fourth-order valence-electron chi connectivity index (χ4n) is 2.04. The molecule has 0 spiro atoms. The highest BCUT2D eigenvalue weighted by Crippen LogP contribution is 2.07. The van der Waals surface area contributed by atoms with Crippen molar-refractivity contribution in [3.63, 3.8) is 0 Å². The lowest BCUT2D eigenvalue weighted by Crippen LogP contribution is -2.54. The highest BCUT2D eigenvalue weighted by Gasteiger charge is 2.22. The van der Waals surface area contributed by atoms with Crippen molar-refractivity contribution in [1.82, 2.24) is 15.1 Å². The summed E-state index contributed by atoms with van der Waals surface area (Å²) in [7, 11) is 4.26. The maximum Gasteiger partial charge on any atom is 0.320 e. The van der Waals surface area contributed by atoms with Crippen LogP contribution in [0.3, 0.4) is 0 Å². The summed E-state index contributed by atoms with van der Waals surface area (Å²) in [5, 5.41) is 3.19. The number of hydrogen-bond acceptors (Lipinski definition) is 5. The monoisotopic (exact) mass is 257 g/mol. The van der Waals surface area contributed by atoms with Gasteiger partial charge in [-0.05, 0) is 34.9 Å². The molecule has 1 aliphatic rings. The summed E-state index contributed by atoms with van der Waals surface area (Å²) >= 11 is 0. The Morgan fingerprint density at radius 3 is 2.61 bits per heavy atom. The molecule has 0 aromatic heterocycles. The van der Waals surface area contributed by atoms with Crippen molar-refractivity contribution in [2.24, 2.45) is 0 Å². The van der Waals surface area contributed by atoms with E-state index in [9.17, 15) is 4.79 Å². The van der Waals surface area contributed by atoms with Gasteiger partial charge in [0.15, 0.2) is 0 Å². The number of esters is 1. The molecule has 0 aromatic carbocycles. The first-order chi connectivity index (χ1) is 8.28. The van der Waals surface area contributed by atoms with Gasteiger partial charge in [0.25, 0.3) is 0 Å². The van der Waals surface area contributed by atoms with Gasteiger partial charge in [0.2, 0.25) is 0 Å². The lowest BCUT2D eigenvalue weighted by Gasteiger charge is -2.37. The third kappa shape index (κ3) is 5.80. The van der Waals surface area contributed by atoms with Gasteiger partial charge in [0.1, 0.15) is 5.60 Å². The second kappa shape index (κ2) is 6.50. The van der Waals surface area contributed by atoms with Crippen molar-refractivity contribution in [3.8, 4) is 0 Å². The zero-order chi connectivity index (χ0) is 13.8. The molecule has 0 radical (unpaired) electrons. The number of rotatable bonds is 4. The first-order valence-electron chi connectivity index (χ1n) is 6.59. The maximum absolute atomic E-state index is 11.5. The predicted octanol–water partition coefficient (Wildman–Crippen LogP) is 0.164.